The van der Waals surface area contributed by atoms with E-state index >= 15 is 0 Å². The van der Waals surface area contributed by atoms with E-state index in [2.05, 4.69) is 4.18 Å². The van der Waals surface area contributed by atoms with Gasteiger partial charge in [-0.05, 0) is 13.0 Å². The molecule has 0 atom stereocenters. The Hall–Kier alpha value is -1.43. The molecule has 1 rings (SSSR count). The summed E-state index contributed by atoms with van der Waals surface area (Å²) < 4.78 is 38.1. The zero-order valence-electron chi connectivity index (χ0n) is 7.94. The van der Waals surface area contributed by atoms with Crippen LogP contribution in [0.3, 0.4) is 0 Å². The molecule has 82 valence electrons. The molecule has 0 aliphatic heterocycles. The molecule has 4 nitrogen and oxygen atoms in total. The maximum atomic E-state index is 12.0. The van der Waals surface area contributed by atoms with Crippen molar-refractivity contribution in [2.24, 2.45) is 0 Å². The molecule has 0 spiro atoms. The second-order valence-electron chi connectivity index (χ2n) is 2.84. The Kier molecular flexibility index (Phi) is 3.41. The molecule has 0 N–H and O–H groups in total. The van der Waals surface area contributed by atoms with E-state index in [-0.39, 0.29) is 5.75 Å². The molecule has 1 aromatic carbocycles. The third-order valence-electron chi connectivity index (χ3n) is 1.80. The highest BCUT2D eigenvalue weighted by Gasteiger charge is 2.14. The van der Waals surface area contributed by atoms with Gasteiger partial charge in [-0.15, -0.1) is 0 Å². The summed E-state index contributed by atoms with van der Waals surface area (Å²) in [6.07, 6.45) is 0.574. The van der Waals surface area contributed by atoms with Gasteiger partial charge in [0.15, 0.2) is 0 Å². The van der Waals surface area contributed by atoms with Crippen LogP contribution in [0.5, 0.6) is 5.75 Å². The summed E-state index contributed by atoms with van der Waals surface area (Å²) in [5, 5.41) is 0. The van der Waals surface area contributed by atoms with Crippen LogP contribution >= 0.6 is 0 Å². The number of aldehydes is 1. The van der Waals surface area contributed by atoms with Crippen molar-refractivity contribution in [2.75, 3.05) is 6.01 Å². The van der Waals surface area contributed by atoms with Crippen LogP contribution in [0.2, 0.25) is 0 Å². The molecule has 0 aliphatic rings. The second kappa shape index (κ2) is 4.39. The first-order chi connectivity index (χ1) is 7.00. The number of alkyl halides is 1. The van der Waals surface area contributed by atoms with Crippen molar-refractivity contribution in [3.63, 3.8) is 0 Å². The van der Waals surface area contributed by atoms with Crippen molar-refractivity contribution < 1.29 is 21.8 Å². The summed E-state index contributed by atoms with van der Waals surface area (Å²) in [5.41, 5.74) is 0.672. The van der Waals surface area contributed by atoms with E-state index in [1.807, 2.05) is 0 Å². The number of carbonyl (C=O) groups excluding carboxylic acids is 1. The summed E-state index contributed by atoms with van der Waals surface area (Å²) in [5.74, 6) is -0.0303. The van der Waals surface area contributed by atoms with Gasteiger partial charge in [0, 0.05) is 11.1 Å². The fourth-order valence-corrected chi connectivity index (χ4v) is 1.51. The predicted octanol–water partition coefficient (Wildman–Crippen LogP) is 1.44. The third-order valence-corrected chi connectivity index (χ3v) is 2.50. The lowest BCUT2D eigenvalue weighted by Gasteiger charge is -2.07. The van der Waals surface area contributed by atoms with E-state index in [1.165, 1.54) is 25.1 Å². The average molecular weight is 232 g/mol. The van der Waals surface area contributed by atoms with Gasteiger partial charge < -0.3 is 4.18 Å². The predicted molar refractivity (Wildman–Crippen MR) is 52.1 cm³/mol. The van der Waals surface area contributed by atoms with Crippen molar-refractivity contribution in [3.8, 4) is 5.75 Å². The van der Waals surface area contributed by atoms with Gasteiger partial charge in [-0.2, -0.15) is 8.42 Å². The van der Waals surface area contributed by atoms with Gasteiger partial charge in [-0.1, -0.05) is 12.1 Å². The zero-order chi connectivity index (χ0) is 11.5. The Morgan fingerprint density at radius 1 is 1.47 bits per heavy atom. The lowest BCUT2D eigenvalue weighted by atomic mass is 10.1. The lowest BCUT2D eigenvalue weighted by Crippen LogP contribution is -2.11. The average Bonchev–Trinajstić information content (AvgIpc) is 2.21. The number of halogens is 1. The van der Waals surface area contributed by atoms with E-state index in [1.54, 1.807) is 0 Å². The minimum absolute atomic E-state index is 0.0303. The highest BCUT2D eigenvalue weighted by molar-refractivity contribution is 7.86. The first-order valence-corrected chi connectivity index (χ1v) is 5.61. The fraction of sp³-hybridized carbons (Fsp3) is 0.222. The minimum Gasteiger partial charge on any atom is -0.380 e. The molecule has 0 bridgehead atoms. The van der Waals surface area contributed by atoms with Crippen LogP contribution in [-0.4, -0.2) is 20.7 Å². The van der Waals surface area contributed by atoms with Crippen molar-refractivity contribution >= 4 is 16.4 Å². The Balaban J connectivity index is 3.12. The standard InChI is InChI=1S/C9H9FO4S/c1-7-8(5-11)3-2-4-9(7)14-15(12,13)6-10/h2-5H,6H2,1H3. The molecular weight excluding hydrogens is 223 g/mol. The molecule has 0 saturated carbocycles. The summed E-state index contributed by atoms with van der Waals surface area (Å²) >= 11 is 0. The monoisotopic (exact) mass is 232 g/mol. The van der Waals surface area contributed by atoms with E-state index in [9.17, 15) is 17.6 Å². The molecule has 0 unspecified atom stereocenters. The smallest absolute Gasteiger partial charge is 0.339 e. The van der Waals surface area contributed by atoms with Gasteiger partial charge in [0.25, 0.3) is 0 Å². The molecule has 0 saturated heterocycles. The molecule has 6 heteroatoms. The maximum Gasteiger partial charge on any atom is 0.339 e. The summed E-state index contributed by atoms with van der Waals surface area (Å²) in [4.78, 5) is 10.5. The van der Waals surface area contributed by atoms with Gasteiger partial charge in [-0.25, -0.2) is 4.39 Å². The molecular formula is C9H9FO4S. The van der Waals surface area contributed by atoms with Crippen LogP contribution in [0.25, 0.3) is 0 Å². The zero-order valence-corrected chi connectivity index (χ0v) is 8.75. The van der Waals surface area contributed by atoms with Crippen molar-refractivity contribution in [1.82, 2.24) is 0 Å². The van der Waals surface area contributed by atoms with Gasteiger partial charge in [0.1, 0.15) is 12.0 Å². The molecule has 0 aromatic heterocycles. The van der Waals surface area contributed by atoms with E-state index in [4.69, 9.17) is 0 Å². The molecule has 0 amide bonds. The van der Waals surface area contributed by atoms with Crippen molar-refractivity contribution in [1.29, 1.82) is 0 Å². The molecule has 0 radical (unpaired) electrons. The number of hydrogen-bond acceptors (Lipinski definition) is 4. The van der Waals surface area contributed by atoms with Gasteiger partial charge in [-0.3, -0.25) is 4.79 Å². The molecule has 0 heterocycles. The molecule has 0 aliphatic carbocycles. The lowest BCUT2D eigenvalue weighted by molar-refractivity contribution is 0.112. The Morgan fingerprint density at radius 3 is 2.67 bits per heavy atom. The molecule has 0 fully saturated rings. The summed E-state index contributed by atoms with van der Waals surface area (Å²) in [6.45, 7) is 1.52. The van der Waals surface area contributed by atoms with Gasteiger partial charge in [0.05, 0.1) is 0 Å². The Morgan fingerprint density at radius 2 is 2.13 bits per heavy atom. The summed E-state index contributed by atoms with van der Waals surface area (Å²) in [7, 11) is -4.20. The van der Waals surface area contributed by atoms with Crippen LogP contribution in [0.15, 0.2) is 18.2 Å². The van der Waals surface area contributed by atoms with Crippen LogP contribution in [0.1, 0.15) is 15.9 Å². The van der Waals surface area contributed by atoms with Crippen LogP contribution < -0.4 is 4.18 Å². The fourth-order valence-electron chi connectivity index (χ4n) is 1.01. The normalized spacial score (nSPS) is 11.1. The van der Waals surface area contributed by atoms with Crippen molar-refractivity contribution in [3.05, 3.63) is 29.3 Å². The maximum absolute atomic E-state index is 12.0. The molecule has 15 heavy (non-hydrogen) atoms. The van der Waals surface area contributed by atoms with E-state index in [0.29, 0.717) is 17.4 Å². The van der Waals surface area contributed by atoms with E-state index < -0.39 is 16.1 Å². The van der Waals surface area contributed by atoms with E-state index in [0.717, 1.165) is 0 Å². The summed E-state index contributed by atoms with van der Waals surface area (Å²) in [6, 6.07) is 2.73. The minimum atomic E-state index is -4.20. The van der Waals surface area contributed by atoms with Gasteiger partial charge in [0.2, 0.25) is 6.01 Å². The number of hydrogen-bond donors (Lipinski definition) is 0. The number of rotatable bonds is 4. The van der Waals surface area contributed by atoms with Gasteiger partial charge >= 0.3 is 10.1 Å². The highest BCUT2D eigenvalue weighted by atomic mass is 32.2. The van der Waals surface area contributed by atoms with Crippen LogP contribution in [0.4, 0.5) is 4.39 Å². The second-order valence-corrected chi connectivity index (χ2v) is 4.34. The SMILES string of the molecule is Cc1c(C=O)cccc1OS(=O)(=O)CF. The first kappa shape index (κ1) is 11.6. The highest BCUT2D eigenvalue weighted by Crippen LogP contribution is 2.21. The largest absolute Gasteiger partial charge is 0.380 e. The quantitative estimate of drug-likeness (QED) is 0.582. The van der Waals surface area contributed by atoms with Crippen LogP contribution in [0, 0.1) is 6.92 Å². The Labute approximate surface area is 86.8 Å². The number of benzene rings is 1. The Bertz CT molecular complexity index is 467. The topological polar surface area (TPSA) is 60.4 Å². The van der Waals surface area contributed by atoms with Crippen LogP contribution in [-0.2, 0) is 10.1 Å². The molecule has 1 aromatic rings. The van der Waals surface area contributed by atoms with Crippen molar-refractivity contribution in [2.45, 2.75) is 6.92 Å². The third kappa shape index (κ3) is 2.76. The first-order valence-electron chi connectivity index (χ1n) is 4.03. The number of carbonyl (C=O) groups is 1.